The molecule has 0 fully saturated rings. The first-order chi connectivity index (χ1) is 25.0. The van der Waals surface area contributed by atoms with Crippen molar-refractivity contribution in [3.05, 3.63) is 12.2 Å². The normalized spacial score (nSPS) is 12.0. The number of unbranched alkanes of at least 4 members (excludes halogenated alkanes) is 27. The van der Waals surface area contributed by atoms with E-state index in [1.807, 2.05) is 0 Å². The highest BCUT2D eigenvalue weighted by Crippen LogP contribution is 2.15. The van der Waals surface area contributed by atoms with Gasteiger partial charge in [-0.2, -0.15) is 0 Å². The second kappa shape index (κ2) is 40.9. The quantitative estimate of drug-likeness (QED) is 0.0271. The Kier molecular flexibility index (Phi) is 39.4. The summed E-state index contributed by atoms with van der Waals surface area (Å²) in [7, 11) is 0. The average Bonchev–Trinajstić information content (AvgIpc) is 3.13. The summed E-state index contributed by atoms with van der Waals surface area (Å²) in [6, 6.07) is 0. The Balaban J connectivity index is 4.22. The lowest BCUT2D eigenvalue weighted by Crippen LogP contribution is -2.30. The lowest BCUT2D eigenvalue weighted by Gasteiger charge is -2.18. The van der Waals surface area contributed by atoms with Gasteiger partial charge in [0, 0.05) is 19.3 Å². The van der Waals surface area contributed by atoms with Gasteiger partial charge in [0.05, 0.1) is 0 Å². The summed E-state index contributed by atoms with van der Waals surface area (Å²) in [6.45, 7) is 6.54. The summed E-state index contributed by atoms with van der Waals surface area (Å²) in [5, 5.41) is 0. The van der Waals surface area contributed by atoms with E-state index in [0.29, 0.717) is 19.3 Å². The zero-order valence-corrected chi connectivity index (χ0v) is 34.1. The molecule has 0 aliphatic rings. The van der Waals surface area contributed by atoms with E-state index in [-0.39, 0.29) is 31.1 Å². The smallest absolute Gasteiger partial charge is 0.306 e. The van der Waals surface area contributed by atoms with Crippen molar-refractivity contribution in [1.29, 1.82) is 0 Å². The van der Waals surface area contributed by atoms with Crippen molar-refractivity contribution in [1.82, 2.24) is 0 Å². The molecule has 0 radical (unpaired) electrons. The molecule has 300 valence electrons. The van der Waals surface area contributed by atoms with Crippen molar-refractivity contribution in [3.8, 4) is 0 Å². The fourth-order valence-corrected chi connectivity index (χ4v) is 6.36. The molecule has 0 aromatic rings. The lowest BCUT2D eigenvalue weighted by atomic mass is 10.0. The van der Waals surface area contributed by atoms with E-state index in [9.17, 15) is 14.4 Å². The highest BCUT2D eigenvalue weighted by Gasteiger charge is 2.19. The molecular formula is C45H84O6. The molecule has 0 bridgehead atoms. The van der Waals surface area contributed by atoms with Crippen LogP contribution in [0.5, 0.6) is 0 Å². The molecule has 6 nitrogen and oxygen atoms in total. The topological polar surface area (TPSA) is 78.9 Å². The van der Waals surface area contributed by atoms with Gasteiger partial charge in [-0.05, 0) is 38.5 Å². The second-order valence-electron chi connectivity index (χ2n) is 15.0. The summed E-state index contributed by atoms with van der Waals surface area (Å²) in [6.07, 6.45) is 42.1. The molecule has 0 rings (SSSR count). The van der Waals surface area contributed by atoms with Crippen LogP contribution in [0, 0.1) is 0 Å². The van der Waals surface area contributed by atoms with Gasteiger partial charge in [-0.25, -0.2) is 0 Å². The fourth-order valence-electron chi connectivity index (χ4n) is 6.36. The van der Waals surface area contributed by atoms with Crippen molar-refractivity contribution in [2.75, 3.05) is 13.2 Å². The van der Waals surface area contributed by atoms with Crippen LogP contribution in [0.4, 0.5) is 0 Å². The van der Waals surface area contributed by atoms with E-state index in [2.05, 4.69) is 32.9 Å². The number of esters is 3. The van der Waals surface area contributed by atoms with Gasteiger partial charge in [0.2, 0.25) is 0 Å². The van der Waals surface area contributed by atoms with Crippen molar-refractivity contribution in [3.63, 3.8) is 0 Å². The van der Waals surface area contributed by atoms with Crippen molar-refractivity contribution in [2.45, 2.75) is 245 Å². The Hall–Kier alpha value is -1.85. The second-order valence-corrected chi connectivity index (χ2v) is 15.0. The van der Waals surface area contributed by atoms with Crippen molar-refractivity contribution < 1.29 is 28.6 Å². The number of hydrogen-bond donors (Lipinski definition) is 0. The minimum absolute atomic E-state index is 0.0699. The number of allylic oxidation sites excluding steroid dienone is 2. The monoisotopic (exact) mass is 721 g/mol. The summed E-state index contributed by atoms with van der Waals surface area (Å²) in [5.41, 5.74) is 0. The number of carbonyl (C=O) groups is 3. The molecule has 1 unspecified atom stereocenters. The number of ether oxygens (including phenoxy) is 3. The first kappa shape index (κ1) is 49.1. The van der Waals surface area contributed by atoms with Crippen LogP contribution in [0.1, 0.15) is 239 Å². The molecule has 0 saturated carbocycles. The van der Waals surface area contributed by atoms with Gasteiger partial charge in [-0.1, -0.05) is 193 Å². The molecule has 0 amide bonds. The molecule has 0 aliphatic heterocycles. The zero-order chi connectivity index (χ0) is 37.3. The van der Waals surface area contributed by atoms with Gasteiger partial charge in [0.15, 0.2) is 6.10 Å². The number of carbonyl (C=O) groups excluding carboxylic acids is 3. The molecule has 0 aliphatic carbocycles. The number of hydrogen-bond acceptors (Lipinski definition) is 6. The Morgan fingerprint density at radius 1 is 0.373 bits per heavy atom. The lowest BCUT2D eigenvalue weighted by molar-refractivity contribution is -0.167. The number of rotatable bonds is 40. The summed E-state index contributed by atoms with van der Waals surface area (Å²) in [5.74, 6) is -0.883. The van der Waals surface area contributed by atoms with Crippen LogP contribution in [0.2, 0.25) is 0 Å². The molecule has 1 atom stereocenters. The standard InChI is InChI=1S/C45H84O6/c1-4-7-10-13-16-18-20-21-22-23-24-26-27-29-32-35-38-44(47)50-41-42(40-49-43(46)37-34-31-15-12-9-6-3)51-45(48)39-36-33-30-28-25-19-17-14-11-8-5-2/h14,17,42H,4-13,15-16,18-41H2,1-3H3/b17-14-. The molecule has 0 spiro atoms. The molecule has 0 aromatic carbocycles. The van der Waals surface area contributed by atoms with Gasteiger partial charge in [0.1, 0.15) is 13.2 Å². The van der Waals surface area contributed by atoms with Crippen LogP contribution < -0.4 is 0 Å². The predicted molar refractivity (Wildman–Crippen MR) is 215 cm³/mol. The van der Waals surface area contributed by atoms with Crippen LogP contribution in [-0.2, 0) is 28.6 Å². The Morgan fingerprint density at radius 3 is 1.04 bits per heavy atom. The first-order valence-electron chi connectivity index (χ1n) is 22.2. The van der Waals surface area contributed by atoms with E-state index in [1.165, 1.54) is 135 Å². The van der Waals surface area contributed by atoms with Crippen molar-refractivity contribution in [2.24, 2.45) is 0 Å². The first-order valence-corrected chi connectivity index (χ1v) is 22.2. The summed E-state index contributed by atoms with van der Waals surface area (Å²) >= 11 is 0. The van der Waals surface area contributed by atoms with Gasteiger partial charge in [-0.15, -0.1) is 0 Å². The van der Waals surface area contributed by atoms with Crippen LogP contribution in [0.25, 0.3) is 0 Å². The van der Waals surface area contributed by atoms with Gasteiger partial charge >= 0.3 is 17.9 Å². The van der Waals surface area contributed by atoms with Crippen LogP contribution in [0.15, 0.2) is 12.2 Å². The highest BCUT2D eigenvalue weighted by molar-refractivity contribution is 5.71. The minimum Gasteiger partial charge on any atom is -0.462 e. The van der Waals surface area contributed by atoms with E-state index >= 15 is 0 Å². The molecule has 0 saturated heterocycles. The Morgan fingerprint density at radius 2 is 0.667 bits per heavy atom. The van der Waals surface area contributed by atoms with Crippen LogP contribution in [0.3, 0.4) is 0 Å². The third kappa shape index (κ3) is 39.2. The fraction of sp³-hybridized carbons (Fsp3) is 0.889. The molecule has 0 aromatic heterocycles. The highest BCUT2D eigenvalue weighted by atomic mass is 16.6. The predicted octanol–water partition coefficient (Wildman–Crippen LogP) is 13.9. The maximum atomic E-state index is 12.6. The third-order valence-electron chi connectivity index (χ3n) is 9.77. The van der Waals surface area contributed by atoms with Crippen LogP contribution in [-0.4, -0.2) is 37.2 Å². The van der Waals surface area contributed by atoms with E-state index in [0.717, 1.165) is 64.2 Å². The molecule has 6 heteroatoms. The summed E-state index contributed by atoms with van der Waals surface area (Å²) in [4.78, 5) is 37.5. The van der Waals surface area contributed by atoms with Gasteiger partial charge in [0.25, 0.3) is 0 Å². The maximum absolute atomic E-state index is 12.6. The van der Waals surface area contributed by atoms with Crippen molar-refractivity contribution >= 4 is 17.9 Å². The van der Waals surface area contributed by atoms with Crippen LogP contribution >= 0.6 is 0 Å². The summed E-state index contributed by atoms with van der Waals surface area (Å²) < 4.78 is 16.6. The Labute approximate surface area is 316 Å². The average molecular weight is 721 g/mol. The van der Waals surface area contributed by atoms with E-state index in [4.69, 9.17) is 14.2 Å². The Bertz CT molecular complexity index is 794. The van der Waals surface area contributed by atoms with E-state index in [1.54, 1.807) is 0 Å². The SMILES string of the molecule is CCCC/C=C\CCCCCCCC(=O)OC(COC(=O)CCCCCCCC)COC(=O)CCCCCCCCCCCCCCCCCC. The van der Waals surface area contributed by atoms with Gasteiger partial charge in [-0.3, -0.25) is 14.4 Å². The largest absolute Gasteiger partial charge is 0.462 e. The maximum Gasteiger partial charge on any atom is 0.306 e. The van der Waals surface area contributed by atoms with E-state index < -0.39 is 6.10 Å². The molecule has 0 N–H and O–H groups in total. The zero-order valence-electron chi connectivity index (χ0n) is 34.1. The molecule has 51 heavy (non-hydrogen) atoms. The molecule has 0 heterocycles. The minimum atomic E-state index is -0.764. The third-order valence-corrected chi connectivity index (χ3v) is 9.77. The van der Waals surface area contributed by atoms with Gasteiger partial charge < -0.3 is 14.2 Å². The molecular weight excluding hydrogens is 636 g/mol.